The topological polar surface area (TPSA) is 80.3 Å². The molecule has 0 aliphatic heterocycles. The predicted molar refractivity (Wildman–Crippen MR) is 114 cm³/mol. The van der Waals surface area contributed by atoms with Crippen molar-refractivity contribution in [2.24, 2.45) is 5.73 Å². The molecule has 0 unspecified atom stereocenters. The van der Waals surface area contributed by atoms with Crippen LogP contribution in [0.4, 0.5) is 17.3 Å². The normalized spacial score (nSPS) is 20.3. The fourth-order valence-corrected chi connectivity index (χ4v) is 3.80. The Morgan fingerprint density at radius 3 is 2.58 bits per heavy atom. The quantitative estimate of drug-likeness (QED) is 0.510. The Balaban J connectivity index is 1.66. The number of halogens is 1. The summed E-state index contributed by atoms with van der Waals surface area (Å²) in [6.07, 6.45) is 6.10. The molecule has 136 valence electrons. The zero-order chi connectivity index (χ0) is 18.1. The second kappa shape index (κ2) is 7.40. The van der Waals surface area contributed by atoms with Crippen LogP contribution in [0.5, 0.6) is 0 Å². The van der Waals surface area contributed by atoms with E-state index in [1.807, 2.05) is 10.6 Å². The third kappa shape index (κ3) is 3.64. The van der Waals surface area contributed by atoms with Crippen molar-refractivity contribution in [2.45, 2.75) is 44.7 Å². The fourth-order valence-electron chi connectivity index (χ4n) is 3.44. The van der Waals surface area contributed by atoms with Gasteiger partial charge in [0.2, 0.25) is 0 Å². The highest BCUT2D eigenvalue weighted by molar-refractivity contribution is 14.1. The molecule has 4 N–H and O–H groups in total. The summed E-state index contributed by atoms with van der Waals surface area (Å²) in [5.41, 5.74) is 8.97. The molecule has 1 aliphatic rings. The number of nitrogens with one attached hydrogen (secondary N) is 2. The molecule has 2 heterocycles. The van der Waals surface area contributed by atoms with E-state index in [1.54, 1.807) is 6.20 Å². The standard InChI is InChI=1S/C19H23IN6/c1-12-18(23-15-8-4-14(21)5-9-15)25-17-10-11-22-26(17)19(12)24-16-6-2-13(20)3-7-16/h2-3,6-7,10-11,14-15,24H,4-5,8-9,21H2,1H3,(H,23,25). The summed E-state index contributed by atoms with van der Waals surface area (Å²) in [6, 6.07) is 11.0. The third-order valence-electron chi connectivity index (χ3n) is 4.99. The van der Waals surface area contributed by atoms with Gasteiger partial charge in [0.25, 0.3) is 0 Å². The van der Waals surface area contributed by atoms with Gasteiger partial charge in [0.15, 0.2) is 5.65 Å². The van der Waals surface area contributed by atoms with Crippen LogP contribution < -0.4 is 16.4 Å². The monoisotopic (exact) mass is 462 g/mol. The van der Waals surface area contributed by atoms with Crippen molar-refractivity contribution in [3.63, 3.8) is 0 Å². The van der Waals surface area contributed by atoms with Crippen LogP contribution in [0.3, 0.4) is 0 Å². The second-order valence-electron chi connectivity index (χ2n) is 6.92. The lowest BCUT2D eigenvalue weighted by atomic mass is 9.92. The van der Waals surface area contributed by atoms with Gasteiger partial charge >= 0.3 is 0 Å². The molecule has 3 aromatic rings. The maximum atomic E-state index is 6.04. The number of aromatic nitrogens is 3. The number of hydrogen-bond donors (Lipinski definition) is 3. The van der Waals surface area contributed by atoms with E-state index in [0.29, 0.717) is 12.1 Å². The van der Waals surface area contributed by atoms with Crippen molar-refractivity contribution >= 4 is 45.6 Å². The molecule has 1 aliphatic carbocycles. The minimum atomic E-state index is 0.345. The van der Waals surface area contributed by atoms with E-state index < -0.39 is 0 Å². The molecule has 1 fully saturated rings. The minimum Gasteiger partial charge on any atom is -0.367 e. The van der Waals surface area contributed by atoms with Gasteiger partial charge in [0.1, 0.15) is 11.6 Å². The van der Waals surface area contributed by atoms with Crippen molar-refractivity contribution in [1.82, 2.24) is 14.6 Å². The number of fused-ring (bicyclic) bond motifs is 1. The molecule has 0 bridgehead atoms. The molecule has 26 heavy (non-hydrogen) atoms. The second-order valence-corrected chi connectivity index (χ2v) is 8.17. The molecule has 1 aromatic carbocycles. The number of rotatable bonds is 4. The van der Waals surface area contributed by atoms with Gasteiger partial charge in [0.05, 0.1) is 6.20 Å². The van der Waals surface area contributed by atoms with Crippen LogP contribution in [0.15, 0.2) is 36.5 Å². The lowest BCUT2D eigenvalue weighted by Gasteiger charge is -2.28. The van der Waals surface area contributed by atoms with Crippen LogP contribution in [0.25, 0.3) is 5.65 Å². The minimum absolute atomic E-state index is 0.345. The maximum absolute atomic E-state index is 6.04. The molecule has 0 saturated heterocycles. The number of anilines is 3. The van der Waals surface area contributed by atoms with Crippen LogP contribution in [-0.4, -0.2) is 26.7 Å². The maximum Gasteiger partial charge on any atom is 0.159 e. The summed E-state index contributed by atoms with van der Waals surface area (Å²) in [7, 11) is 0. The lowest BCUT2D eigenvalue weighted by Crippen LogP contribution is -2.33. The Morgan fingerprint density at radius 1 is 1.12 bits per heavy atom. The summed E-state index contributed by atoms with van der Waals surface area (Å²) in [5.74, 6) is 1.86. The van der Waals surface area contributed by atoms with Gasteiger partial charge in [-0.1, -0.05) is 0 Å². The number of nitrogens with two attached hydrogens (primary N) is 1. The van der Waals surface area contributed by atoms with E-state index in [-0.39, 0.29) is 0 Å². The van der Waals surface area contributed by atoms with Crippen molar-refractivity contribution < 1.29 is 0 Å². The van der Waals surface area contributed by atoms with Gasteiger partial charge in [-0.05, 0) is 79.5 Å². The molecule has 0 spiro atoms. The van der Waals surface area contributed by atoms with Crippen molar-refractivity contribution in [2.75, 3.05) is 10.6 Å². The third-order valence-corrected chi connectivity index (χ3v) is 5.71. The van der Waals surface area contributed by atoms with Crippen LogP contribution in [0.1, 0.15) is 31.2 Å². The van der Waals surface area contributed by atoms with Crippen molar-refractivity contribution in [3.05, 3.63) is 45.7 Å². The molecule has 1 saturated carbocycles. The molecule has 6 nitrogen and oxygen atoms in total. The SMILES string of the molecule is Cc1c(NC2CCC(N)CC2)nc2ccnn2c1Nc1ccc(I)cc1. The first kappa shape index (κ1) is 17.5. The summed E-state index contributed by atoms with van der Waals surface area (Å²) in [4.78, 5) is 4.78. The molecule has 0 atom stereocenters. The Hall–Kier alpha value is -1.87. The number of hydrogen-bond acceptors (Lipinski definition) is 5. The van der Waals surface area contributed by atoms with Gasteiger partial charge < -0.3 is 16.4 Å². The summed E-state index contributed by atoms with van der Waals surface area (Å²) in [6.45, 7) is 2.08. The highest BCUT2D eigenvalue weighted by Crippen LogP contribution is 2.29. The van der Waals surface area contributed by atoms with Gasteiger partial charge in [-0.2, -0.15) is 9.61 Å². The van der Waals surface area contributed by atoms with Crippen molar-refractivity contribution in [3.8, 4) is 0 Å². The van der Waals surface area contributed by atoms with E-state index in [9.17, 15) is 0 Å². The Morgan fingerprint density at radius 2 is 1.85 bits per heavy atom. The van der Waals surface area contributed by atoms with E-state index in [0.717, 1.165) is 54.2 Å². The first-order valence-corrected chi connectivity index (χ1v) is 10.1. The summed E-state index contributed by atoms with van der Waals surface area (Å²) < 4.78 is 3.07. The average Bonchev–Trinajstić information content (AvgIpc) is 3.10. The fraction of sp³-hybridized carbons (Fsp3) is 0.368. The molecule has 7 heteroatoms. The van der Waals surface area contributed by atoms with E-state index in [1.165, 1.54) is 3.57 Å². The molecule has 2 aromatic heterocycles. The Kier molecular flexibility index (Phi) is 4.99. The number of nitrogens with zero attached hydrogens (tertiary/aromatic N) is 3. The van der Waals surface area contributed by atoms with E-state index in [2.05, 4.69) is 69.5 Å². The van der Waals surface area contributed by atoms with Gasteiger partial charge in [-0.15, -0.1) is 0 Å². The summed E-state index contributed by atoms with van der Waals surface area (Å²) >= 11 is 2.31. The highest BCUT2D eigenvalue weighted by Gasteiger charge is 2.21. The first-order valence-electron chi connectivity index (χ1n) is 8.99. The smallest absolute Gasteiger partial charge is 0.159 e. The number of benzene rings is 1. The molecule has 0 amide bonds. The molecular formula is C19H23IN6. The Bertz CT molecular complexity index is 896. The van der Waals surface area contributed by atoms with Crippen LogP contribution in [0.2, 0.25) is 0 Å². The van der Waals surface area contributed by atoms with E-state index >= 15 is 0 Å². The molecular weight excluding hydrogens is 439 g/mol. The lowest BCUT2D eigenvalue weighted by molar-refractivity contribution is 0.410. The molecule has 0 radical (unpaired) electrons. The van der Waals surface area contributed by atoms with Gasteiger partial charge in [-0.3, -0.25) is 0 Å². The molecule has 4 rings (SSSR count). The van der Waals surface area contributed by atoms with Gasteiger partial charge in [-0.25, -0.2) is 4.98 Å². The largest absolute Gasteiger partial charge is 0.367 e. The van der Waals surface area contributed by atoms with Gasteiger partial charge in [0, 0.05) is 33.0 Å². The zero-order valence-electron chi connectivity index (χ0n) is 14.7. The first-order chi connectivity index (χ1) is 12.6. The summed E-state index contributed by atoms with van der Waals surface area (Å²) in [5, 5.41) is 11.6. The van der Waals surface area contributed by atoms with Crippen molar-refractivity contribution in [1.29, 1.82) is 0 Å². The zero-order valence-corrected chi connectivity index (χ0v) is 16.9. The van der Waals surface area contributed by atoms with Crippen LogP contribution in [-0.2, 0) is 0 Å². The average molecular weight is 462 g/mol. The van der Waals surface area contributed by atoms with Crippen LogP contribution >= 0.6 is 22.6 Å². The predicted octanol–water partition coefficient (Wildman–Crippen LogP) is 4.07. The van der Waals surface area contributed by atoms with E-state index in [4.69, 9.17) is 10.7 Å². The van der Waals surface area contributed by atoms with Crippen LogP contribution in [0, 0.1) is 10.5 Å². The highest BCUT2D eigenvalue weighted by atomic mass is 127. The Labute approximate surface area is 166 Å².